The first-order valence-corrected chi connectivity index (χ1v) is 8.44. The monoisotopic (exact) mass is 342 g/mol. The van der Waals surface area contributed by atoms with Crippen LogP contribution < -0.4 is 14.5 Å². The minimum Gasteiger partial charge on any atom is -0.496 e. The van der Waals surface area contributed by atoms with E-state index >= 15 is 0 Å². The molecule has 112 valence electrons. The molecule has 4 heteroatoms. The van der Waals surface area contributed by atoms with E-state index in [2.05, 4.69) is 48.0 Å². The Labute approximate surface area is 131 Å². The molecule has 1 saturated heterocycles. The molecule has 1 fully saturated rings. The second kappa shape index (κ2) is 7.43. The number of halogens is 1. The fraction of sp³-hybridized carbons (Fsp3) is 0.625. The molecule has 1 aliphatic rings. The summed E-state index contributed by atoms with van der Waals surface area (Å²) in [5, 5.41) is 0. The minimum atomic E-state index is 0.812. The van der Waals surface area contributed by atoms with Crippen molar-refractivity contribution < 1.29 is 14.5 Å². The zero-order chi connectivity index (χ0) is 14.5. The predicted molar refractivity (Wildman–Crippen MR) is 85.5 cm³/mol. The molecule has 1 atom stereocenters. The first kappa shape index (κ1) is 15.8. The highest BCUT2D eigenvalue weighted by atomic mass is 79.9. The molecular formula is C16H27BrN2O+2. The summed E-state index contributed by atoms with van der Waals surface area (Å²) in [6.45, 7) is 11.0. The maximum absolute atomic E-state index is 5.29. The smallest absolute Gasteiger partial charge is 0.133 e. The molecular weight excluding hydrogens is 316 g/mol. The van der Waals surface area contributed by atoms with Crippen LogP contribution >= 0.6 is 15.9 Å². The first-order chi connectivity index (χ1) is 9.63. The Morgan fingerprint density at radius 3 is 2.50 bits per heavy atom. The van der Waals surface area contributed by atoms with Gasteiger partial charge >= 0.3 is 0 Å². The van der Waals surface area contributed by atoms with Crippen LogP contribution in [0.4, 0.5) is 0 Å². The normalized spacial score (nSPS) is 24.4. The molecule has 1 aromatic carbocycles. The molecule has 0 aromatic heterocycles. The molecule has 0 bridgehead atoms. The van der Waals surface area contributed by atoms with Gasteiger partial charge in [-0.3, -0.25) is 0 Å². The van der Waals surface area contributed by atoms with Crippen LogP contribution in [0.25, 0.3) is 0 Å². The lowest BCUT2D eigenvalue weighted by atomic mass is 10.1. The first-order valence-electron chi connectivity index (χ1n) is 7.64. The lowest BCUT2D eigenvalue weighted by molar-refractivity contribution is -1.03. The van der Waals surface area contributed by atoms with Crippen molar-refractivity contribution in [2.45, 2.75) is 32.9 Å². The molecule has 1 heterocycles. The van der Waals surface area contributed by atoms with Gasteiger partial charge in [0.25, 0.3) is 0 Å². The third kappa shape index (κ3) is 3.96. The van der Waals surface area contributed by atoms with Crippen molar-refractivity contribution in [2.24, 2.45) is 0 Å². The predicted octanol–water partition coefficient (Wildman–Crippen LogP) is 0.540. The van der Waals surface area contributed by atoms with Crippen LogP contribution in [0.1, 0.15) is 25.8 Å². The highest BCUT2D eigenvalue weighted by molar-refractivity contribution is 9.10. The summed E-state index contributed by atoms with van der Waals surface area (Å²) in [5.74, 6) is 0.912. The molecule has 0 radical (unpaired) electrons. The Morgan fingerprint density at radius 1 is 1.25 bits per heavy atom. The van der Waals surface area contributed by atoms with E-state index in [1.165, 1.54) is 38.2 Å². The number of rotatable bonds is 5. The van der Waals surface area contributed by atoms with Gasteiger partial charge in [0.15, 0.2) is 0 Å². The molecule has 2 N–H and O–H groups in total. The van der Waals surface area contributed by atoms with E-state index in [4.69, 9.17) is 4.74 Å². The van der Waals surface area contributed by atoms with Gasteiger partial charge in [-0.2, -0.15) is 0 Å². The second-order valence-electron chi connectivity index (χ2n) is 5.86. The molecule has 0 amide bonds. The molecule has 1 aliphatic heterocycles. The fourth-order valence-electron chi connectivity index (χ4n) is 2.99. The number of methoxy groups -OCH3 is 1. The number of ether oxygens (including phenoxy) is 1. The fourth-order valence-corrected chi connectivity index (χ4v) is 3.58. The van der Waals surface area contributed by atoms with E-state index in [-0.39, 0.29) is 0 Å². The Hall–Kier alpha value is -0.580. The summed E-state index contributed by atoms with van der Waals surface area (Å²) in [4.78, 5) is 3.49. The summed E-state index contributed by atoms with van der Waals surface area (Å²) in [5.41, 5.74) is 1.39. The van der Waals surface area contributed by atoms with Gasteiger partial charge in [0, 0.05) is 5.56 Å². The molecule has 20 heavy (non-hydrogen) atoms. The SMILES string of the molecule is CC[C@H](C)[NH+]1CC[NH+](Cc2ccc(OC)c(Br)c2)CC1. The molecule has 1 aromatic rings. The molecule has 0 spiro atoms. The van der Waals surface area contributed by atoms with E-state index in [1.807, 2.05) is 0 Å². The lowest BCUT2D eigenvalue weighted by Gasteiger charge is -2.33. The van der Waals surface area contributed by atoms with Crippen molar-refractivity contribution in [1.82, 2.24) is 0 Å². The van der Waals surface area contributed by atoms with Crippen LogP contribution in [-0.2, 0) is 6.54 Å². The minimum absolute atomic E-state index is 0.812. The summed E-state index contributed by atoms with van der Waals surface area (Å²) >= 11 is 3.57. The number of piperazine rings is 1. The molecule has 0 saturated carbocycles. The number of hydrogen-bond donors (Lipinski definition) is 2. The van der Waals surface area contributed by atoms with Gasteiger partial charge in [-0.1, -0.05) is 6.92 Å². The maximum Gasteiger partial charge on any atom is 0.133 e. The Balaban J connectivity index is 1.88. The van der Waals surface area contributed by atoms with Crippen LogP contribution in [-0.4, -0.2) is 39.3 Å². The van der Waals surface area contributed by atoms with Crippen LogP contribution in [0.15, 0.2) is 22.7 Å². The standard InChI is InChI=1S/C16H25BrN2O/c1-4-13(2)19-9-7-18(8-10-19)12-14-5-6-16(20-3)15(17)11-14/h5-6,11,13H,4,7-10,12H2,1-3H3/p+2/t13-/m0/s1. The summed E-state index contributed by atoms with van der Waals surface area (Å²) < 4.78 is 6.34. The van der Waals surface area contributed by atoms with Crippen LogP contribution in [0.3, 0.4) is 0 Å². The summed E-state index contributed by atoms with van der Waals surface area (Å²) in [7, 11) is 1.71. The zero-order valence-electron chi connectivity index (χ0n) is 12.8. The van der Waals surface area contributed by atoms with E-state index in [0.29, 0.717) is 0 Å². The number of hydrogen-bond acceptors (Lipinski definition) is 1. The topological polar surface area (TPSA) is 18.1 Å². The average Bonchev–Trinajstić information content (AvgIpc) is 2.47. The van der Waals surface area contributed by atoms with Crippen molar-refractivity contribution >= 4 is 15.9 Å². The maximum atomic E-state index is 5.29. The zero-order valence-corrected chi connectivity index (χ0v) is 14.4. The van der Waals surface area contributed by atoms with Crippen LogP contribution in [0.2, 0.25) is 0 Å². The molecule has 2 rings (SSSR count). The molecule has 0 unspecified atom stereocenters. The second-order valence-corrected chi connectivity index (χ2v) is 6.72. The van der Waals surface area contributed by atoms with E-state index in [0.717, 1.165) is 22.8 Å². The van der Waals surface area contributed by atoms with Crippen molar-refractivity contribution in [3.8, 4) is 5.75 Å². The van der Waals surface area contributed by atoms with Gasteiger partial charge in [0.1, 0.15) is 38.5 Å². The van der Waals surface area contributed by atoms with E-state index in [9.17, 15) is 0 Å². The Kier molecular flexibility index (Phi) is 5.87. The van der Waals surface area contributed by atoms with E-state index < -0.39 is 0 Å². The highest BCUT2D eigenvalue weighted by Crippen LogP contribution is 2.25. The van der Waals surface area contributed by atoms with Gasteiger partial charge in [-0.15, -0.1) is 0 Å². The number of nitrogens with one attached hydrogen (secondary N) is 2. The third-order valence-electron chi connectivity index (χ3n) is 4.58. The lowest BCUT2D eigenvalue weighted by Crippen LogP contribution is -3.29. The van der Waals surface area contributed by atoms with Gasteiger partial charge in [0.2, 0.25) is 0 Å². The molecule has 0 aliphatic carbocycles. The third-order valence-corrected chi connectivity index (χ3v) is 5.20. The van der Waals surface area contributed by atoms with E-state index in [1.54, 1.807) is 16.9 Å². The van der Waals surface area contributed by atoms with Gasteiger partial charge < -0.3 is 14.5 Å². The van der Waals surface area contributed by atoms with Crippen molar-refractivity contribution in [2.75, 3.05) is 33.3 Å². The van der Waals surface area contributed by atoms with Crippen LogP contribution in [0, 0.1) is 0 Å². The average molecular weight is 343 g/mol. The molecule has 3 nitrogen and oxygen atoms in total. The van der Waals surface area contributed by atoms with Gasteiger partial charge in [-0.05, 0) is 47.5 Å². The summed E-state index contributed by atoms with van der Waals surface area (Å²) in [6.07, 6.45) is 1.29. The van der Waals surface area contributed by atoms with Crippen molar-refractivity contribution in [3.63, 3.8) is 0 Å². The van der Waals surface area contributed by atoms with Crippen LogP contribution in [0.5, 0.6) is 5.75 Å². The number of quaternary nitrogens is 2. The van der Waals surface area contributed by atoms with Crippen molar-refractivity contribution in [3.05, 3.63) is 28.2 Å². The Bertz CT molecular complexity index is 430. The number of benzene rings is 1. The van der Waals surface area contributed by atoms with Gasteiger partial charge in [0.05, 0.1) is 17.6 Å². The summed E-state index contributed by atoms with van der Waals surface area (Å²) in [6, 6.07) is 7.25. The largest absolute Gasteiger partial charge is 0.496 e. The van der Waals surface area contributed by atoms with Crippen molar-refractivity contribution in [1.29, 1.82) is 0 Å². The Morgan fingerprint density at radius 2 is 1.95 bits per heavy atom. The quantitative estimate of drug-likeness (QED) is 0.799. The van der Waals surface area contributed by atoms with Gasteiger partial charge in [-0.25, -0.2) is 0 Å². The highest BCUT2D eigenvalue weighted by Gasteiger charge is 2.25.